The van der Waals surface area contributed by atoms with E-state index in [9.17, 15) is 35.1 Å². The van der Waals surface area contributed by atoms with Crippen LogP contribution in [-0.2, 0) is 23.8 Å². The van der Waals surface area contributed by atoms with Gasteiger partial charge in [0.05, 0.1) is 32.0 Å². The third kappa shape index (κ3) is 50.1. The highest BCUT2D eigenvalue weighted by Crippen LogP contribution is 2.23. The summed E-state index contributed by atoms with van der Waals surface area (Å²) in [7, 11) is 0. The number of allylic oxidation sites excluding steroid dienone is 9. The maximum Gasteiger partial charge on any atom is 0.305 e. The van der Waals surface area contributed by atoms with E-state index < -0.39 is 49.5 Å². The minimum atomic E-state index is -1.58. The van der Waals surface area contributed by atoms with Gasteiger partial charge in [-0.15, -0.1) is 0 Å². The van der Waals surface area contributed by atoms with Crippen molar-refractivity contribution in [3.63, 3.8) is 0 Å². The lowest BCUT2D eigenvalue weighted by molar-refractivity contribution is -0.302. The van der Waals surface area contributed by atoms with Gasteiger partial charge in [0.2, 0.25) is 5.91 Å². The molecule has 0 bridgehead atoms. The van der Waals surface area contributed by atoms with Crippen molar-refractivity contribution in [3.8, 4) is 0 Å². The van der Waals surface area contributed by atoms with E-state index >= 15 is 0 Å². The van der Waals surface area contributed by atoms with Crippen LogP contribution < -0.4 is 5.32 Å². The zero-order valence-electron chi connectivity index (χ0n) is 53.7. The minimum Gasteiger partial charge on any atom is -0.466 e. The lowest BCUT2D eigenvalue weighted by Crippen LogP contribution is -2.60. The molecule has 484 valence electrons. The molecule has 1 saturated heterocycles. The Morgan fingerprint density at radius 3 is 1.27 bits per heavy atom. The first kappa shape index (κ1) is 78.4. The van der Waals surface area contributed by atoms with Crippen molar-refractivity contribution in [2.75, 3.05) is 19.8 Å². The van der Waals surface area contributed by atoms with Crippen molar-refractivity contribution in [1.29, 1.82) is 0 Å². The summed E-state index contributed by atoms with van der Waals surface area (Å²) in [6.07, 6.45) is 70.6. The second-order valence-corrected chi connectivity index (χ2v) is 24.2. The Morgan fingerprint density at radius 1 is 0.446 bits per heavy atom. The van der Waals surface area contributed by atoms with Gasteiger partial charge in [0, 0.05) is 12.8 Å². The second kappa shape index (κ2) is 61.0. The molecule has 11 nitrogen and oxygen atoms in total. The first-order valence-electron chi connectivity index (χ1n) is 35.1. The molecule has 7 unspecified atom stereocenters. The van der Waals surface area contributed by atoms with Crippen LogP contribution in [0, 0.1) is 0 Å². The fourth-order valence-corrected chi connectivity index (χ4v) is 10.8. The first-order valence-corrected chi connectivity index (χ1v) is 35.1. The largest absolute Gasteiger partial charge is 0.466 e. The standard InChI is InChI=1S/C72H131NO10/c1-3-5-7-9-11-13-15-16-32-35-39-42-46-50-54-58-65(75)64(63-82-72-71(80)70(79)69(78)66(62-74)83-72)73-67(76)59-55-51-47-43-40-36-33-30-28-26-24-22-20-18-17-19-21-23-25-27-29-31-34-37-41-45-49-53-57-61-81-68(77)60-56-52-48-44-38-14-12-10-8-6-4-2/h15-17,19,23,25,39,42,54,58,64-66,69-72,74-75,78-80H,3-14,18,20-22,24,26-38,40-41,43-53,55-57,59-63H2,1-2H3,(H,73,76)/b16-15+,19-17-,25-23-,42-39+,58-54+. The second-order valence-electron chi connectivity index (χ2n) is 24.2. The highest BCUT2D eigenvalue weighted by Gasteiger charge is 2.44. The van der Waals surface area contributed by atoms with E-state index in [1.807, 2.05) is 6.08 Å². The molecule has 6 N–H and O–H groups in total. The average molecular weight is 1170 g/mol. The number of aliphatic hydroxyl groups excluding tert-OH is 5. The maximum absolute atomic E-state index is 13.1. The van der Waals surface area contributed by atoms with Gasteiger partial charge in [-0.1, -0.05) is 280 Å². The maximum atomic E-state index is 13.1. The van der Waals surface area contributed by atoms with E-state index in [0.717, 1.165) is 77.0 Å². The zero-order chi connectivity index (χ0) is 60.2. The Hall–Kier alpha value is -2.64. The van der Waals surface area contributed by atoms with Crippen LogP contribution >= 0.6 is 0 Å². The Kier molecular flexibility index (Phi) is 57.6. The fourth-order valence-electron chi connectivity index (χ4n) is 10.8. The normalized spacial score (nSPS) is 18.5. The van der Waals surface area contributed by atoms with Crippen LogP contribution in [0.1, 0.15) is 322 Å². The molecule has 83 heavy (non-hydrogen) atoms. The van der Waals surface area contributed by atoms with E-state index in [4.69, 9.17) is 14.2 Å². The van der Waals surface area contributed by atoms with Gasteiger partial charge in [-0.05, 0) is 89.9 Å². The molecule has 1 fully saturated rings. The highest BCUT2D eigenvalue weighted by atomic mass is 16.7. The Labute approximate surface area is 509 Å². The topological polar surface area (TPSA) is 175 Å². The van der Waals surface area contributed by atoms with Crippen molar-refractivity contribution in [2.24, 2.45) is 0 Å². The number of amides is 1. The molecule has 1 rings (SSSR count). The summed E-state index contributed by atoms with van der Waals surface area (Å²) in [5.41, 5.74) is 0. The minimum absolute atomic E-state index is 0.00233. The van der Waals surface area contributed by atoms with Crippen molar-refractivity contribution < 1.29 is 49.3 Å². The molecule has 1 aliphatic rings. The molecule has 0 aromatic heterocycles. The van der Waals surface area contributed by atoms with Crippen LogP contribution in [0.3, 0.4) is 0 Å². The van der Waals surface area contributed by atoms with Crippen molar-refractivity contribution in [2.45, 2.75) is 365 Å². The van der Waals surface area contributed by atoms with E-state index in [2.05, 4.69) is 67.8 Å². The van der Waals surface area contributed by atoms with Crippen LogP contribution in [0.2, 0.25) is 0 Å². The molecule has 0 saturated carbocycles. The van der Waals surface area contributed by atoms with Gasteiger partial charge in [-0.3, -0.25) is 9.59 Å². The summed E-state index contributed by atoms with van der Waals surface area (Å²) < 4.78 is 16.7. The number of esters is 1. The number of rotatable bonds is 61. The lowest BCUT2D eigenvalue weighted by atomic mass is 9.99. The summed E-state index contributed by atoms with van der Waals surface area (Å²) >= 11 is 0. The predicted octanol–water partition coefficient (Wildman–Crippen LogP) is 17.7. The Morgan fingerprint density at radius 2 is 0.819 bits per heavy atom. The first-order chi connectivity index (χ1) is 40.7. The molecule has 11 heteroatoms. The SMILES string of the molecule is CCCCCCC/C=C/CC/C=C/CC/C=C/C(O)C(COC1OC(CO)C(O)C(O)C1O)NC(=O)CCCCCCCCCCCCCCC/C=C\C/C=C\CCCCCCCCCCCOC(=O)CCCCCCCCCCCCC. The van der Waals surface area contributed by atoms with E-state index in [0.29, 0.717) is 19.4 Å². The number of hydrogen-bond donors (Lipinski definition) is 6. The van der Waals surface area contributed by atoms with Crippen molar-refractivity contribution in [1.82, 2.24) is 5.32 Å². The van der Waals surface area contributed by atoms with Crippen molar-refractivity contribution >= 4 is 11.9 Å². The zero-order valence-corrected chi connectivity index (χ0v) is 53.7. The molecule has 0 spiro atoms. The number of ether oxygens (including phenoxy) is 3. The van der Waals surface area contributed by atoms with Crippen LogP contribution in [0.15, 0.2) is 60.8 Å². The molecule has 0 aromatic rings. The Bertz CT molecular complexity index is 1560. The summed E-state index contributed by atoms with van der Waals surface area (Å²) in [4.78, 5) is 25.1. The predicted molar refractivity (Wildman–Crippen MR) is 347 cm³/mol. The van der Waals surface area contributed by atoms with Gasteiger partial charge in [0.25, 0.3) is 0 Å². The molecular formula is C72H131NO10. The van der Waals surface area contributed by atoms with Crippen LogP contribution in [0.4, 0.5) is 0 Å². The van der Waals surface area contributed by atoms with E-state index in [1.54, 1.807) is 6.08 Å². The number of hydrogen-bond acceptors (Lipinski definition) is 10. The van der Waals surface area contributed by atoms with Crippen LogP contribution in [0.5, 0.6) is 0 Å². The van der Waals surface area contributed by atoms with Crippen molar-refractivity contribution in [3.05, 3.63) is 60.8 Å². The molecule has 1 aliphatic heterocycles. The van der Waals surface area contributed by atoms with Crippen LogP contribution in [0.25, 0.3) is 0 Å². The van der Waals surface area contributed by atoms with Gasteiger partial charge in [0.15, 0.2) is 6.29 Å². The van der Waals surface area contributed by atoms with E-state index in [-0.39, 0.29) is 18.5 Å². The third-order valence-corrected chi connectivity index (χ3v) is 16.3. The number of nitrogens with one attached hydrogen (secondary N) is 1. The summed E-state index contributed by atoms with van der Waals surface area (Å²) in [5, 5.41) is 54.5. The summed E-state index contributed by atoms with van der Waals surface area (Å²) in [5.74, 6) is -0.194. The monoisotopic (exact) mass is 1170 g/mol. The lowest BCUT2D eigenvalue weighted by Gasteiger charge is -2.40. The van der Waals surface area contributed by atoms with E-state index in [1.165, 1.54) is 218 Å². The molecule has 0 aliphatic carbocycles. The molecule has 0 aromatic carbocycles. The highest BCUT2D eigenvalue weighted by molar-refractivity contribution is 5.76. The molecular weight excluding hydrogens is 1040 g/mol. The molecule has 1 heterocycles. The quantitative estimate of drug-likeness (QED) is 0.0195. The number of unbranched alkanes of at least 4 members (excludes halogenated alkanes) is 39. The fraction of sp³-hybridized carbons (Fsp3) is 0.833. The number of carbonyl (C=O) groups is 2. The smallest absolute Gasteiger partial charge is 0.305 e. The number of carbonyl (C=O) groups excluding carboxylic acids is 2. The Balaban J connectivity index is 2.03. The number of aliphatic hydroxyl groups is 5. The van der Waals surface area contributed by atoms with Gasteiger partial charge < -0.3 is 45.1 Å². The van der Waals surface area contributed by atoms with Gasteiger partial charge in [-0.25, -0.2) is 0 Å². The third-order valence-electron chi connectivity index (χ3n) is 16.3. The molecule has 7 atom stereocenters. The summed E-state index contributed by atoms with van der Waals surface area (Å²) in [6.45, 7) is 4.32. The van der Waals surface area contributed by atoms with Gasteiger partial charge >= 0.3 is 5.97 Å². The van der Waals surface area contributed by atoms with Crippen LogP contribution in [-0.4, -0.2) is 100 Å². The van der Waals surface area contributed by atoms with Gasteiger partial charge in [-0.2, -0.15) is 0 Å². The van der Waals surface area contributed by atoms with Gasteiger partial charge in [0.1, 0.15) is 24.4 Å². The summed E-state index contributed by atoms with van der Waals surface area (Å²) in [6, 6.07) is -0.837. The molecule has 1 amide bonds. The average Bonchev–Trinajstić information content (AvgIpc) is 3.51. The molecule has 0 radical (unpaired) electrons.